The topological polar surface area (TPSA) is 66.3 Å². The number of carbonyl (C=O) groups is 1. The van der Waals surface area contributed by atoms with Crippen LogP contribution in [0.5, 0.6) is 0 Å². The quantitative estimate of drug-likeness (QED) is 0.889. The van der Waals surface area contributed by atoms with Gasteiger partial charge in [0.1, 0.15) is 12.1 Å². The minimum atomic E-state index is -0.725. The van der Waals surface area contributed by atoms with Crippen LogP contribution in [-0.4, -0.2) is 34.1 Å². The summed E-state index contributed by atoms with van der Waals surface area (Å²) in [6.45, 7) is 3.27. The summed E-state index contributed by atoms with van der Waals surface area (Å²) in [5.41, 5.74) is 2.04. The van der Waals surface area contributed by atoms with Gasteiger partial charge in [0.15, 0.2) is 0 Å². The number of para-hydroxylation sites is 1. The number of hydrogen-bond donors (Lipinski definition) is 1. The second kappa shape index (κ2) is 4.50. The van der Waals surface area contributed by atoms with Crippen molar-refractivity contribution in [3.05, 3.63) is 30.1 Å². The molecule has 1 unspecified atom stereocenters. The summed E-state index contributed by atoms with van der Waals surface area (Å²) >= 11 is 0. The third kappa shape index (κ3) is 2.01. The number of anilines is 1. The number of rotatable bonds is 2. The van der Waals surface area contributed by atoms with Crippen molar-refractivity contribution < 1.29 is 9.90 Å². The smallest absolute Gasteiger partial charge is 0.308 e. The largest absolute Gasteiger partial charge is 0.481 e. The zero-order valence-electron chi connectivity index (χ0n) is 10.7. The Morgan fingerprint density at radius 3 is 3.00 bits per heavy atom. The first-order chi connectivity index (χ1) is 9.16. The van der Waals surface area contributed by atoms with E-state index >= 15 is 0 Å². The fourth-order valence-corrected chi connectivity index (χ4v) is 2.63. The molecule has 3 rings (SSSR count). The van der Waals surface area contributed by atoms with Crippen LogP contribution in [0.15, 0.2) is 24.5 Å². The lowest BCUT2D eigenvalue weighted by Gasteiger charge is -2.18. The zero-order valence-corrected chi connectivity index (χ0v) is 10.7. The lowest BCUT2D eigenvalue weighted by Crippen LogP contribution is -2.23. The van der Waals surface area contributed by atoms with Gasteiger partial charge in [0.25, 0.3) is 0 Å². The molecule has 5 heteroatoms. The SMILES string of the molecule is Cc1cccc2c(N3CCC(C(=O)O)C3)ncnc12. The van der Waals surface area contributed by atoms with Crippen LogP contribution in [0.1, 0.15) is 12.0 Å². The van der Waals surface area contributed by atoms with E-state index in [1.807, 2.05) is 30.0 Å². The van der Waals surface area contributed by atoms with E-state index in [1.54, 1.807) is 6.33 Å². The average Bonchev–Trinajstić information content (AvgIpc) is 2.88. The number of fused-ring (bicyclic) bond motifs is 1. The molecule has 19 heavy (non-hydrogen) atoms. The number of aryl methyl sites for hydroxylation is 1. The normalized spacial score (nSPS) is 19.0. The van der Waals surface area contributed by atoms with Crippen LogP contribution in [0, 0.1) is 12.8 Å². The number of carboxylic acid groups (broad SMARTS) is 1. The van der Waals surface area contributed by atoms with Gasteiger partial charge in [-0.05, 0) is 25.0 Å². The molecule has 1 aromatic heterocycles. The maximum Gasteiger partial charge on any atom is 0.308 e. The highest BCUT2D eigenvalue weighted by Gasteiger charge is 2.29. The van der Waals surface area contributed by atoms with E-state index in [1.165, 1.54) is 0 Å². The van der Waals surface area contributed by atoms with Crippen molar-refractivity contribution in [3.63, 3.8) is 0 Å². The second-order valence-electron chi connectivity index (χ2n) is 4.94. The van der Waals surface area contributed by atoms with E-state index in [4.69, 9.17) is 5.11 Å². The van der Waals surface area contributed by atoms with Crippen LogP contribution in [0.3, 0.4) is 0 Å². The number of hydrogen-bond acceptors (Lipinski definition) is 4. The first-order valence-corrected chi connectivity index (χ1v) is 6.35. The third-order valence-electron chi connectivity index (χ3n) is 3.68. The van der Waals surface area contributed by atoms with Crippen LogP contribution in [0.25, 0.3) is 10.9 Å². The number of nitrogens with zero attached hydrogens (tertiary/aromatic N) is 3. The Balaban J connectivity index is 2.02. The van der Waals surface area contributed by atoms with Crippen LogP contribution in [-0.2, 0) is 4.79 Å². The molecule has 1 fully saturated rings. The Morgan fingerprint density at radius 2 is 2.26 bits per heavy atom. The van der Waals surface area contributed by atoms with Crippen molar-refractivity contribution in [1.29, 1.82) is 0 Å². The van der Waals surface area contributed by atoms with E-state index in [9.17, 15) is 4.79 Å². The Hall–Kier alpha value is -2.17. The van der Waals surface area contributed by atoms with Crippen molar-refractivity contribution in [2.75, 3.05) is 18.0 Å². The Morgan fingerprint density at radius 1 is 1.42 bits per heavy atom. The number of aliphatic carboxylic acids is 1. The molecule has 1 atom stereocenters. The van der Waals surface area contributed by atoms with Gasteiger partial charge in [0.2, 0.25) is 0 Å². The number of carboxylic acids is 1. The molecule has 1 aliphatic rings. The Kier molecular flexibility index (Phi) is 2.81. The average molecular weight is 257 g/mol. The summed E-state index contributed by atoms with van der Waals surface area (Å²) < 4.78 is 0. The highest BCUT2D eigenvalue weighted by atomic mass is 16.4. The van der Waals surface area contributed by atoms with Gasteiger partial charge in [-0.15, -0.1) is 0 Å². The first-order valence-electron chi connectivity index (χ1n) is 6.35. The van der Waals surface area contributed by atoms with Gasteiger partial charge in [-0.1, -0.05) is 12.1 Å². The summed E-state index contributed by atoms with van der Waals surface area (Å²) in [5, 5.41) is 10.1. The zero-order chi connectivity index (χ0) is 13.4. The number of benzene rings is 1. The molecule has 5 nitrogen and oxygen atoms in total. The van der Waals surface area contributed by atoms with E-state index in [0.29, 0.717) is 13.0 Å². The highest BCUT2D eigenvalue weighted by Crippen LogP contribution is 2.29. The molecule has 2 aromatic rings. The van der Waals surface area contributed by atoms with Gasteiger partial charge < -0.3 is 10.0 Å². The van der Waals surface area contributed by atoms with Crippen LogP contribution in [0.2, 0.25) is 0 Å². The van der Waals surface area contributed by atoms with Gasteiger partial charge in [0, 0.05) is 18.5 Å². The van der Waals surface area contributed by atoms with Gasteiger partial charge in [-0.25, -0.2) is 9.97 Å². The summed E-state index contributed by atoms with van der Waals surface area (Å²) in [5.74, 6) is -0.177. The molecule has 1 N–H and O–H groups in total. The molecule has 0 radical (unpaired) electrons. The molecule has 1 saturated heterocycles. The monoisotopic (exact) mass is 257 g/mol. The van der Waals surface area contributed by atoms with Crippen molar-refractivity contribution >= 4 is 22.7 Å². The molecular weight excluding hydrogens is 242 g/mol. The van der Waals surface area contributed by atoms with Crippen molar-refractivity contribution in [3.8, 4) is 0 Å². The summed E-state index contributed by atoms with van der Waals surface area (Å²) in [6, 6.07) is 5.99. The van der Waals surface area contributed by atoms with Gasteiger partial charge in [-0.3, -0.25) is 4.79 Å². The summed E-state index contributed by atoms with van der Waals surface area (Å²) in [6.07, 6.45) is 2.23. The molecule has 0 amide bonds. The predicted octanol–water partition coefficient (Wildman–Crippen LogP) is 1.85. The molecule has 1 aromatic carbocycles. The lowest BCUT2D eigenvalue weighted by molar-refractivity contribution is -0.140. The van der Waals surface area contributed by atoms with Crippen LogP contribution >= 0.6 is 0 Å². The Bertz CT molecular complexity index is 642. The van der Waals surface area contributed by atoms with Gasteiger partial charge in [0.05, 0.1) is 11.4 Å². The number of aromatic nitrogens is 2. The fourth-order valence-electron chi connectivity index (χ4n) is 2.63. The molecule has 0 bridgehead atoms. The van der Waals surface area contributed by atoms with E-state index < -0.39 is 5.97 Å². The van der Waals surface area contributed by atoms with Crippen LogP contribution in [0.4, 0.5) is 5.82 Å². The maximum absolute atomic E-state index is 11.0. The van der Waals surface area contributed by atoms with Gasteiger partial charge >= 0.3 is 5.97 Å². The third-order valence-corrected chi connectivity index (χ3v) is 3.68. The predicted molar refractivity (Wildman–Crippen MR) is 72.2 cm³/mol. The lowest BCUT2D eigenvalue weighted by atomic mass is 10.1. The summed E-state index contributed by atoms with van der Waals surface area (Å²) in [7, 11) is 0. The molecule has 1 aliphatic heterocycles. The van der Waals surface area contributed by atoms with Crippen molar-refractivity contribution in [2.45, 2.75) is 13.3 Å². The molecule has 0 saturated carbocycles. The van der Waals surface area contributed by atoms with E-state index in [-0.39, 0.29) is 5.92 Å². The first kappa shape index (κ1) is 11.9. The minimum Gasteiger partial charge on any atom is -0.481 e. The van der Waals surface area contributed by atoms with E-state index in [0.717, 1.165) is 28.8 Å². The van der Waals surface area contributed by atoms with E-state index in [2.05, 4.69) is 9.97 Å². The molecule has 0 spiro atoms. The van der Waals surface area contributed by atoms with Crippen LogP contribution < -0.4 is 4.90 Å². The van der Waals surface area contributed by atoms with Crippen molar-refractivity contribution in [1.82, 2.24) is 9.97 Å². The van der Waals surface area contributed by atoms with Gasteiger partial charge in [-0.2, -0.15) is 0 Å². The molecular formula is C14H15N3O2. The Labute approximate surface area is 110 Å². The fraction of sp³-hybridized carbons (Fsp3) is 0.357. The summed E-state index contributed by atoms with van der Waals surface area (Å²) in [4.78, 5) is 21.7. The standard InChI is InChI=1S/C14H15N3O2/c1-9-3-2-4-11-12(9)15-8-16-13(11)17-6-5-10(7-17)14(18)19/h2-4,8,10H,5-7H2,1H3,(H,18,19). The van der Waals surface area contributed by atoms with Crippen molar-refractivity contribution in [2.24, 2.45) is 5.92 Å². The molecule has 0 aliphatic carbocycles. The molecule has 98 valence electrons. The maximum atomic E-state index is 11.0. The highest BCUT2D eigenvalue weighted by molar-refractivity contribution is 5.91. The second-order valence-corrected chi connectivity index (χ2v) is 4.94. The molecule has 2 heterocycles. The minimum absolute atomic E-state index is 0.296.